The van der Waals surface area contributed by atoms with E-state index in [4.69, 9.17) is 4.74 Å². The van der Waals surface area contributed by atoms with Gasteiger partial charge in [-0.05, 0) is 11.1 Å². The number of alkyl halides is 3. The van der Waals surface area contributed by atoms with Gasteiger partial charge in [0.25, 0.3) is 0 Å². The normalized spacial score (nSPS) is 13.2. The Balaban J connectivity index is 1.83. The first-order chi connectivity index (χ1) is 14.6. The fraction of sp³-hybridized carbons (Fsp3) is 0.286. The molecule has 0 bridgehead atoms. The van der Waals surface area contributed by atoms with Gasteiger partial charge in [0.05, 0.1) is 6.42 Å². The van der Waals surface area contributed by atoms with Crippen molar-refractivity contribution in [2.24, 2.45) is 0 Å². The van der Waals surface area contributed by atoms with Gasteiger partial charge in [0.2, 0.25) is 5.78 Å². The Morgan fingerprint density at radius 1 is 0.968 bits per heavy atom. The van der Waals surface area contributed by atoms with Gasteiger partial charge in [-0.3, -0.25) is 9.59 Å². The molecule has 2 aromatic rings. The number of Topliss-reactive ketones (excluding diaryl/α,β-unsaturated/α-hetero) is 2. The first kappa shape index (κ1) is 24.0. The summed E-state index contributed by atoms with van der Waals surface area (Å²) in [6.07, 6.45) is -10.1. The number of alkyl carbamates (subject to hydrolysis) is 1. The summed E-state index contributed by atoms with van der Waals surface area (Å²) in [5, 5.41) is 22.5. The molecule has 2 rings (SSSR count). The number of aliphatic hydroxyl groups is 2. The van der Waals surface area contributed by atoms with Gasteiger partial charge in [0, 0.05) is 12.1 Å². The predicted octanol–water partition coefficient (Wildman–Crippen LogP) is 2.71. The number of benzene rings is 2. The van der Waals surface area contributed by atoms with Crippen LogP contribution in [-0.4, -0.2) is 46.7 Å². The smallest absolute Gasteiger partial charge is 0.445 e. The molecule has 0 fully saturated rings. The molecule has 0 aliphatic rings. The SMILES string of the molecule is O=C(NCC(O)C(O)c1ccc(C(=O)CC(=O)C(F)(F)F)cc1)OCc1ccccc1. The molecule has 0 spiro atoms. The summed E-state index contributed by atoms with van der Waals surface area (Å²) in [6, 6.07) is 13.6. The zero-order valence-electron chi connectivity index (χ0n) is 16.1. The van der Waals surface area contributed by atoms with E-state index in [1.54, 1.807) is 24.3 Å². The van der Waals surface area contributed by atoms with Crippen molar-refractivity contribution in [3.63, 3.8) is 0 Å². The van der Waals surface area contributed by atoms with Gasteiger partial charge in [0.1, 0.15) is 18.8 Å². The number of rotatable bonds is 9. The lowest BCUT2D eigenvalue weighted by Crippen LogP contribution is -2.35. The first-order valence-corrected chi connectivity index (χ1v) is 9.12. The molecule has 0 heterocycles. The largest absolute Gasteiger partial charge is 0.450 e. The number of carbonyl (C=O) groups excluding carboxylic acids is 3. The monoisotopic (exact) mass is 439 g/mol. The third-order valence-corrected chi connectivity index (χ3v) is 4.24. The third-order valence-electron chi connectivity index (χ3n) is 4.24. The van der Waals surface area contributed by atoms with Crippen LogP contribution in [0.5, 0.6) is 0 Å². The topological polar surface area (TPSA) is 113 Å². The van der Waals surface area contributed by atoms with Gasteiger partial charge in [-0.25, -0.2) is 4.79 Å². The average Bonchev–Trinajstić information content (AvgIpc) is 2.75. The van der Waals surface area contributed by atoms with E-state index in [-0.39, 0.29) is 24.3 Å². The standard InChI is InChI=1S/C21H20F3NO6/c22-21(23,24)18(28)10-16(26)14-6-8-15(9-7-14)19(29)17(27)11-25-20(30)31-12-13-4-2-1-3-5-13/h1-9,17,19,27,29H,10-12H2,(H,25,30). The fourth-order valence-electron chi connectivity index (χ4n) is 2.51. The minimum Gasteiger partial charge on any atom is -0.445 e. The van der Waals surface area contributed by atoms with E-state index in [0.29, 0.717) is 0 Å². The number of hydrogen-bond donors (Lipinski definition) is 3. The number of nitrogens with one attached hydrogen (secondary N) is 1. The zero-order chi connectivity index (χ0) is 23.0. The Kier molecular flexibility index (Phi) is 8.29. The van der Waals surface area contributed by atoms with E-state index >= 15 is 0 Å². The molecule has 31 heavy (non-hydrogen) atoms. The highest BCUT2D eigenvalue weighted by Gasteiger charge is 2.39. The van der Waals surface area contributed by atoms with Crippen LogP contribution in [0.25, 0.3) is 0 Å². The predicted molar refractivity (Wildman–Crippen MR) is 102 cm³/mol. The molecule has 2 unspecified atom stereocenters. The number of halogens is 3. The Labute approximate surface area is 175 Å². The lowest BCUT2D eigenvalue weighted by Gasteiger charge is -2.19. The van der Waals surface area contributed by atoms with Crippen LogP contribution in [0.1, 0.15) is 34.0 Å². The summed E-state index contributed by atoms with van der Waals surface area (Å²) < 4.78 is 41.7. The number of ketones is 2. The molecule has 2 atom stereocenters. The summed E-state index contributed by atoms with van der Waals surface area (Å²) in [7, 11) is 0. The van der Waals surface area contributed by atoms with Crippen LogP contribution in [0, 0.1) is 0 Å². The maximum absolute atomic E-state index is 12.2. The molecule has 0 aliphatic carbocycles. The fourth-order valence-corrected chi connectivity index (χ4v) is 2.51. The molecule has 0 aromatic heterocycles. The molecule has 0 aliphatic heterocycles. The van der Waals surface area contributed by atoms with Crippen molar-refractivity contribution in [1.29, 1.82) is 0 Å². The van der Waals surface area contributed by atoms with Crippen LogP contribution in [0.3, 0.4) is 0 Å². The number of carbonyl (C=O) groups is 3. The highest BCUT2D eigenvalue weighted by molar-refractivity contribution is 6.09. The Morgan fingerprint density at radius 2 is 1.58 bits per heavy atom. The van der Waals surface area contributed by atoms with Crippen molar-refractivity contribution in [1.82, 2.24) is 5.32 Å². The van der Waals surface area contributed by atoms with Crippen LogP contribution in [0.15, 0.2) is 54.6 Å². The molecule has 166 valence electrons. The number of ether oxygens (including phenoxy) is 1. The molecular weight excluding hydrogens is 419 g/mol. The molecule has 7 nitrogen and oxygen atoms in total. The number of amides is 1. The average molecular weight is 439 g/mol. The van der Waals surface area contributed by atoms with Gasteiger partial charge in [-0.15, -0.1) is 0 Å². The highest BCUT2D eigenvalue weighted by atomic mass is 19.4. The summed E-state index contributed by atoms with van der Waals surface area (Å²) in [5.41, 5.74) is 0.779. The second-order valence-electron chi connectivity index (χ2n) is 6.60. The van der Waals surface area contributed by atoms with E-state index in [1.807, 2.05) is 6.07 Å². The quantitative estimate of drug-likeness (QED) is 0.409. The number of aliphatic hydroxyl groups excluding tert-OH is 2. The third kappa shape index (κ3) is 7.50. The van der Waals surface area contributed by atoms with E-state index in [1.165, 1.54) is 12.1 Å². The van der Waals surface area contributed by atoms with Gasteiger partial charge in [-0.2, -0.15) is 13.2 Å². The van der Waals surface area contributed by atoms with E-state index in [2.05, 4.69) is 5.32 Å². The second kappa shape index (κ2) is 10.7. The van der Waals surface area contributed by atoms with Gasteiger partial charge >= 0.3 is 12.3 Å². The van der Waals surface area contributed by atoms with Crippen molar-refractivity contribution < 1.29 is 42.5 Å². The van der Waals surface area contributed by atoms with Crippen LogP contribution in [0.2, 0.25) is 0 Å². The number of hydrogen-bond acceptors (Lipinski definition) is 6. The maximum atomic E-state index is 12.2. The molecule has 1 amide bonds. The summed E-state index contributed by atoms with van der Waals surface area (Å²) in [4.78, 5) is 34.4. The maximum Gasteiger partial charge on any atom is 0.450 e. The minimum absolute atomic E-state index is 0.0255. The molecule has 0 radical (unpaired) electrons. The Bertz CT molecular complexity index is 900. The lowest BCUT2D eigenvalue weighted by atomic mass is 9.99. The highest BCUT2D eigenvalue weighted by Crippen LogP contribution is 2.21. The van der Waals surface area contributed by atoms with Crippen molar-refractivity contribution in [2.45, 2.75) is 31.4 Å². The minimum atomic E-state index is -5.09. The molecule has 2 aromatic carbocycles. The van der Waals surface area contributed by atoms with Crippen molar-refractivity contribution in [3.8, 4) is 0 Å². The van der Waals surface area contributed by atoms with Crippen molar-refractivity contribution in [3.05, 3.63) is 71.3 Å². The van der Waals surface area contributed by atoms with Crippen molar-refractivity contribution in [2.75, 3.05) is 6.54 Å². The van der Waals surface area contributed by atoms with Crippen LogP contribution < -0.4 is 5.32 Å². The molecule has 10 heteroatoms. The first-order valence-electron chi connectivity index (χ1n) is 9.12. The molecular formula is C21H20F3NO6. The summed E-state index contributed by atoms with van der Waals surface area (Å²) >= 11 is 0. The van der Waals surface area contributed by atoms with E-state index in [0.717, 1.165) is 17.7 Å². The van der Waals surface area contributed by atoms with Crippen LogP contribution in [0.4, 0.5) is 18.0 Å². The molecule has 3 N–H and O–H groups in total. The van der Waals surface area contributed by atoms with Gasteiger partial charge < -0.3 is 20.3 Å². The Hall–Kier alpha value is -3.24. The van der Waals surface area contributed by atoms with Gasteiger partial charge in [-0.1, -0.05) is 54.6 Å². The van der Waals surface area contributed by atoms with Crippen molar-refractivity contribution >= 4 is 17.7 Å². The van der Waals surface area contributed by atoms with Gasteiger partial charge in [0.15, 0.2) is 5.78 Å². The zero-order valence-corrected chi connectivity index (χ0v) is 16.1. The Morgan fingerprint density at radius 3 is 2.16 bits per heavy atom. The summed E-state index contributed by atoms with van der Waals surface area (Å²) in [6.45, 7) is -0.312. The van der Waals surface area contributed by atoms with Crippen LogP contribution >= 0.6 is 0 Å². The van der Waals surface area contributed by atoms with E-state index in [9.17, 15) is 37.8 Å². The van der Waals surface area contributed by atoms with E-state index < -0.39 is 42.5 Å². The summed E-state index contributed by atoms with van der Waals surface area (Å²) in [5.74, 6) is -3.17. The van der Waals surface area contributed by atoms with Crippen LogP contribution in [-0.2, 0) is 16.1 Å². The second-order valence-corrected chi connectivity index (χ2v) is 6.60. The molecule has 0 saturated carbocycles. The molecule has 0 saturated heterocycles. The lowest BCUT2D eigenvalue weighted by molar-refractivity contribution is -0.170.